The fraction of sp³-hybridized carbons (Fsp3) is 0.292. The molecule has 1 fully saturated rings. The highest BCUT2D eigenvalue weighted by Crippen LogP contribution is 2.24. The van der Waals surface area contributed by atoms with E-state index in [4.69, 9.17) is 0 Å². The number of piperidine rings is 1. The van der Waals surface area contributed by atoms with Crippen LogP contribution in [-0.4, -0.2) is 33.7 Å². The fourth-order valence-corrected chi connectivity index (χ4v) is 3.99. The molecule has 4 rings (SSSR count). The molecular weight excluding hydrogens is 381 g/mol. The lowest BCUT2D eigenvalue weighted by Crippen LogP contribution is -2.42. The van der Waals surface area contributed by atoms with Crippen molar-refractivity contribution in [1.29, 1.82) is 0 Å². The molecule has 0 atom stereocenters. The molecule has 5 nitrogen and oxygen atoms in total. The van der Waals surface area contributed by atoms with E-state index >= 15 is 0 Å². The monoisotopic (exact) mass is 405 g/mol. The van der Waals surface area contributed by atoms with Crippen LogP contribution < -0.4 is 5.56 Å². The smallest absolute Gasteiger partial charge is 0.267 e. The Morgan fingerprint density at radius 2 is 1.80 bits per heavy atom. The van der Waals surface area contributed by atoms with Gasteiger partial charge in [0.1, 0.15) is 5.82 Å². The van der Waals surface area contributed by atoms with Gasteiger partial charge in [0.15, 0.2) is 0 Å². The molecule has 30 heavy (non-hydrogen) atoms. The first-order valence-electron chi connectivity index (χ1n) is 10.2. The third kappa shape index (κ3) is 4.32. The summed E-state index contributed by atoms with van der Waals surface area (Å²) in [6.45, 7) is 3.01. The average Bonchev–Trinajstić information content (AvgIpc) is 2.75. The van der Waals surface area contributed by atoms with Gasteiger partial charge in [0.05, 0.1) is 18.2 Å². The van der Waals surface area contributed by atoms with Crippen LogP contribution in [0.15, 0.2) is 65.5 Å². The van der Waals surface area contributed by atoms with Crippen molar-refractivity contribution in [3.8, 4) is 11.3 Å². The number of likely N-dealkylation sites (tertiary alicyclic amines) is 1. The first-order chi connectivity index (χ1) is 14.5. The van der Waals surface area contributed by atoms with Crippen LogP contribution in [0, 0.1) is 12.7 Å². The second-order valence-electron chi connectivity index (χ2n) is 7.74. The van der Waals surface area contributed by atoms with Crippen LogP contribution in [0.1, 0.15) is 30.0 Å². The Morgan fingerprint density at radius 3 is 2.50 bits per heavy atom. The first-order valence-corrected chi connectivity index (χ1v) is 10.2. The van der Waals surface area contributed by atoms with Gasteiger partial charge < -0.3 is 4.90 Å². The third-order valence-corrected chi connectivity index (χ3v) is 5.60. The van der Waals surface area contributed by atoms with Crippen molar-refractivity contribution in [3.05, 3.63) is 88.0 Å². The van der Waals surface area contributed by atoms with Gasteiger partial charge in [-0.25, -0.2) is 9.07 Å². The van der Waals surface area contributed by atoms with Crippen LogP contribution in [0.4, 0.5) is 4.39 Å². The molecule has 1 saturated heterocycles. The quantitative estimate of drug-likeness (QED) is 0.664. The first kappa shape index (κ1) is 20.0. The standard InChI is InChI=1S/C24H24FN3O2/c1-17-14-23(30)28(26-24(17)19-7-3-2-4-8-19)21-10-12-27(13-11-21)22(29)16-18-6-5-9-20(25)15-18/h2-9,14-15,21H,10-13,16H2,1H3. The summed E-state index contributed by atoms with van der Waals surface area (Å²) in [4.78, 5) is 27.0. The van der Waals surface area contributed by atoms with E-state index in [0.717, 1.165) is 16.8 Å². The predicted molar refractivity (Wildman–Crippen MR) is 114 cm³/mol. The molecule has 0 spiro atoms. The SMILES string of the molecule is Cc1cc(=O)n(C2CCN(C(=O)Cc3cccc(F)c3)CC2)nc1-c1ccccc1. The number of carbonyl (C=O) groups is 1. The molecule has 6 heteroatoms. The summed E-state index contributed by atoms with van der Waals surface area (Å²) in [5.74, 6) is -0.355. The molecule has 1 aliphatic rings. The maximum Gasteiger partial charge on any atom is 0.267 e. The molecule has 0 N–H and O–H groups in total. The Bertz CT molecular complexity index is 1100. The maximum atomic E-state index is 13.4. The minimum absolute atomic E-state index is 0.0202. The van der Waals surface area contributed by atoms with Crippen LogP contribution >= 0.6 is 0 Å². The normalized spacial score (nSPS) is 14.7. The molecule has 1 aromatic heterocycles. The Labute approximate surface area is 174 Å². The van der Waals surface area contributed by atoms with E-state index in [0.29, 0.717) is 31.5 Å². The lowest BCUT2D eigenvalue weighted by atomic mass is 10.0. The lowest BCUT2D eigenvalue weighted by molar-refractivity contribution is -0.131. The molecule has 1 amide bonds. The minimum atomic E-state index is -0.335. The number of hydrogen-bond acceptors (Lipinski definition) is 3. The molecule has 0 aliphatic carbocycles. The van der Waals surface area contributed by atoms with Crippen LogP contribution in [0.25, 0.3) is 11.3 Å². The maximum absolute atomic E-state index is 13.4. The van der Waals surface area contributed by atoms with E-state index in [2.05, 4.69) is 5.10 Å². The number of halogens is 1. The van der Waals surface area contributed by atoms with E-state index in [-0.39, 0.29) is 29.7 Å². The number of carbonyl (C=O) groups excluding carboxylic acids is 1. The summed E-state index contributed by atoms with van der Waals surface area (Å²) >= 11 is 0. The Balaban J connectivity index is 1.46. The van der Waals surface area contributed by atoms with E-state index in [9.17, 15) is 14.0 Å². The minimum Gasteiger partial charge on any atom is -0.342 e. The van der Waals surface area contributed by atoms with Crippen molar-refractivity contribution in [2.75, 3.05) is 13.1 Å². The van der Waals surface area contributed by atoms with Crippen molar-refractivity contribution in [1.82, 2.24) is 14.7 Å². The second kappa shape index (κ2) is 8.61. The van der Waals surface area contributed by atoms with Gasteiger partial charge in [-0.1, -0.05) is 42.5 Å². The molecule has 2 aromatic carbocycles. The topological polar surface area (TPSA) is 55.2 Å². The zero-order valence-corrected chi connectivity index (χ0v) is 16.9. The fourth-order valence-electron chi connectivity index (χ4n) is 3.99. The molecular formula is C24H24FN3O2. The van der Waals surface area contributed by atoms with Gasteiger partial charge in [-0.2, -0.15) is 5.10 Å². The number of amides is 1. The highest BCUT2D eigenvalue weighted by atomic mass is 19.1. The summed E-state index contributed by atoms with van der Waals surface area (Å²) in [5.41, 5.74) is 3.19. The number of hydrogen-bond donors (Lipinski definition) is 0. The van der Waals surface area contributed by atoms with Gasteiger partial charge in [-0.15, -0.1) is 0 Å². The number of aromatic nitrogens is 2. The van der Waals surface area contributed by atoms with Crippen molar-refractivity contribution in [3.63, 3.8) is 0 Å². The van der Waals surface area contributed by atoms with E-state index < -0.39 is 0 Å². The van der Waals surface area contributed by atoms with E-state index in [1.165, 1.54) is 12.1 Å². The molecule has 0 bridgehead atoms. The van der Waals surface area contributed by atoms with Gasteiger partial charge in [0.25, 0.3) is 5.56 Å². The summed E-state index contributed by atoms with van der Waals surface area (Å²) in [7, 11) is 0. The molecule has 1 aliphatic heterocycles. The van der Waals surface area contributed by atoms with Crippen molar-refractivity contribution in [2.45, 2.75) is 32.2 Å². The zero-order valence-electron chi connectivity index (χ0n) is 16.9. The Kier molecular flexibility index (Phi) is 5.74. The second-order valence-corrected chi connectivity index (χ2v) is 7.74. The number of benzene rings is 2. The largest absolute Gasteiger partial charge is 0.342 e. The molecule has 2 heterocycles. The van der Waals surface area contributed by atoms with Crippen LogP contribution in [0.2, 0.25) is 0 Å². The van der Waals surface area contributed by atoms with Crippen molar-refractivity contribution < 1.29 is 9.18 Å². The zero-order chi connectivity index (χ0) is 21.1. The summed E-state index contributed by atoms with van der Waals surface area (Å²) in [6, 6.07) is 17.6. The number of aryl methyl sites for hydroxylation is 1. The molecule has 154 valence electrons. The number of nitrogens with zero attached hydrogens (tertiary/aromatic N) is 3. The third-order valence-electron chi connectivity index (χ3n) is 5.60. The highest BCUT2D eigenvalue weighted by Gasteiger charge is 2.25. The lowest BCUT2D eigenvalue weighted by Gasteiger charge is -2.32. The van der Waals surface area contributed by atoms with Gasteiger partial charge in [-0.3, -0.25) is 9.59 Å². The van der Waals surface area contributed by atoms with Gasteiger partial charge in [-0.05, 0) is 43.0 Å². The molecule has 0 radical (unpaired) electrons. The van der Waals surface area contributed by atoms with Crippen molar-refractivity contribution >= 4 is 5.91 Å². The van der Waals surface area contributed by atoms with Crippen molar-refractivity contribution in [2.24, 2.45) is 0 Å². The summed E-state index contributed by atoms with van der Waals surface area (Å²) in [5, 5.41) is 4.67. The Hall–Kier alpha value is -3.28. The summed E-state index contributed by atoms with van der Waals surface area (Å²) in [6.07, 6.45) is 1.52. The number of rotatable bonds is 4. The van der Waals surface area contributed by atoms with Crippen LogP contribution in [-0.2, 0) is 11.2 Å². The predicted octanol–water partition coefficient (Wildman–Crippen LogP) is 3.76. The average molecular weight is 405 g/mol. The van der Waals surface area contributed by atoms with Gasteiger partial charge >= 0.3 is 0 Å². The molecule has 0 unspecified atom stereocenters. The Morgan fingerprint density at radius 1 is 1.07 bits per heavy atom. The molecule has 3 aromatic rings. The van der Waals surface area contributed by atoms with Crippen LogP contribution in [0.5, 0.6) is 0 Å². The van der Waals surface area contributed by atoms with Crippen LogP contribution in [0.3, 0.4) is 0 Å². The van der Waals surface area contributed by atoms with Gasteiger partial charge in [0.2, 0.25) is 5.91 Å². The summed E-state index contributed by atoms with van der Waals surface area (Å²) < 4.78 is 14.9. The van der Waals surface area contributed by atoms with E-state index in [1.54, 1.807) is 27.8 Å². The van der Waals surface area contributed by atoms with Gasteiger partial charge in [0, 0.05) is 24.7 Å². The highest BCUT2D eigenvalue weighted by molar-refractivity contribution is 5.78. The molecule has 0 saturated carbocycles. The van der Waals surface area contributed by atoms with E-state index in [1.807, 2.05) is 37.3 Å².